The maximum Gasteiger partial charge on any atom is 0.490 e. The second-order valence-corrected chi connectivity index (χ2v) is 10.7. The molecular weight excluding hydrogens is 487 g/mol. The monoisotopic (exact) mass is 505 g/mol. The zero-order chi connectivity index (χ0) is 23.0. The predicted octanol–water partition coefficient (Wildman–Crippen LogP) is -0.730. The zero-order valence-corrected chi connectivity index (χ0v) is 18.0. The third kappa shape index (κ3) is 6.58. The lowest BCUT2D eigenvalue weighted by Crippen LogP contribution is -2.26. The number of aliphatic hydroxyl groups excluding tert-OH is 1. The number of ether oxygens (including phenoxy) is 1. The zero-order valence-electron chi connectivity index (χ0n) is 15.3. The van der Waals surface area contributed by atoms with Crippen molar-refractivity contribution in [2.45, 2.75) is 31.3 Å². The van der Waals surface area contributed by atoms with Gasteiger partial charge >= 0.3 is 23.5 Å². The Morgan fingerprint density at radius 3 is 2.52 bits per heavy atom. The summed E-state index contributed by atoms with van der Waals surface area (Å²) in [6, 6.07) is 0. The molecule has 0 radical (unpaired) electrons. The largest absolute Gasteiger partial charge is 0.490 e. The average molecular weight is 505 g/mol. The van der Waals surface area contributed by atoms with Gasteiger partial charge in [0, 0.05) is 6.42 Å². The van der Waals surface area contributed by atoms with Crippen LogP contribution in [0.2, 0.25) is 0 Å². The highest BCUT2D eigenvalue weighted by Gasteiger charge is 2.42. The maximum atomic E-state index is 11.8. The Kier molecular flexibility index (Phi) is 6.99. The number of nitrogens with two attached hydrogens (primary N) is 1. The fourth-order valence-corrected chi connectivity index (χ4v) is 5.84. The first-order valence-electron chi connectivity index (χ1n) is 8.28. The number of phosphoric ester groups is 1. The van der Waals surface area contributed by atoms with E-state index in [2.05, 4.69) is 28.1 Å². The van der Waals surface area contributed by atoms with Crippen molar-refractivity contribution in [3.63, 3.8) is 0 Å². The first kappa shape index (κ1) is 24.3. The van der Waals surface area contributed by atoms with E-state index < -0.39 is 48.4 Å². The Bertz CT molecular complexity index is 1090. The minimum absolute atomic E-state index is 0.102. The average Bonchev–Trinajstić information content (AvgIpc) is 3.15. The summed E-state index contributed by atoms with van der Waals surface area (Å²) in [6.07, 6.45) is -0.0320. The normalized spacial score (nSPS) is 26.0. The Morgan fingerprint density at radius 1 is 1.13 bits per heavy atom. The Morgan fingerprint density at radius 2 is 1.84 bits per heavy atom. The fraction of sp³-hybridized carbons (Fsp3) is 0.545. The lowest BCUT2D eigenvalue weighted by atomic mass is 10.1. The van der Waals surface area contributed by atoms with E-state index >= 15 is 0 Å². The molecule has 3 rings (SSSR count). The van der Waals surface area contributed by atoms with Crippen LogP contribution in [0, 0.1) is 0 Å². The third-order valence-corrected chi connectivity index (χ3v) is 7.75. The standard InChI is InChI=1S/C11H18N5O12P3/c12-10-9-11(14-4-13-10)16(5-15-9)2-6-1-7(17)8(26-6)3-25-30(21,22)28-31(23,24)27-29(18,19)20/h4-8,17H,1-3H2,(H,21,22)(H,23,24)(H2,12,13,14)(H2,18,19,20)/t6-,7+,8-/m1/s1. The summed E-state index contributed by atoms with van der Waals surface area (Å²) in [6.45, 7) is -0.559. The van der Waals surface area contributed by atoms with E-state index in [1.165, 1.54) is 12.7 Å². The molecule has 2 unspecified atom stereocenters. The maximum absolute atomic E-state index is 11.8. The third-order valence-electron chi connectivity index (χ3n) is 3.95. The molecule has 1 fully saturated rings. The van der Waals surface area contributed by atoms with Crippen molar-refractivity contribution in [3.05, 3.63) is 12.7 Å². The number of nitrogens with zero attached hydrogens (tertiary/aromatic N) is 4. The molecule has 17 nitrogen and oxygen atoms in total. The molecule has 5 atom stereocenters. The van der Waals surface area contributed by atoms with E-state index in [9.17, 15) is 23.7 Å². The van der Waals surface area contributed by atoms with Gasteiger partial charge in [0.25, 0.3) is 0 Å². The number of hydrogen-bond donors (Lipinski definition) is 6. The number of rotatable bonds is 9. The van der Waals surface area contributed by atoms with Gasteiger partial charge in [0.05, 0.1) is 31.7 Å². The summed E-state index contributed by atoms with van der Waals surface area (Å²) < 4.78 is 52.6. The molecule has 0 aliphatic carbocycles. The minimum Gasteiger partial charge on any atom is -0.390 e. The molecule has 0 spiro atoms. The summed E-state index contributed by atoms with van der Waals surface area (Å²) in [5.74, 6) is 0.185. The van der Waals surface area contributed by atoms with Gasteiger partial charge in [-0.05, 0) is 0 Å². The van der Waals surface area contributed by atoms with Gasteiger partial charge in [0.15, 0.2) is 11.5 Å². The van der Waals surface area contributed by atoms with E-state index in [4.69, 9.17) is 25.2 Å². The van der Waals surface area contributed by atoms with Gasteiger partial charge in [-0.25, -0.2) is 28.6 Å². The van der Waals surface area contributed by atoms with Crippen LogP contribution < -0.4 is 5.73 Å². The predicted molar refractivity (Wildman–Crippen MR) is 98.8 cm³/mol. The van der Waals surface area contributed by atoms with Crippen LogP contribution in [0.25, 0.3) is 11.2 Å². The number of nitrogen functional groups attached to an aromatic ring is 1. The number of aromatic nitrogens is 4. The highest BCUT2D eigenvalue weighted by molar-refractivity contribution is 7.66. The number of imidazole rings is 1. The molecule has 0 bridgehead atoms. The Hall–Kier alpha value is -1.32. The van der Waals surface area contributed by atoms with Crippen LogP contribution in [0.3, 0.4) is 0 Å². The quantitative estimate of drug-likeness (QED) is 0.229. The van der Waals surface area contributed by atoms with E-state index in [0.717, 1.165) is 0 Å². The first-order valence-corrected chi connectivity index (χ1v) is 12.8. The molecule has 0 aromatic carbocycles. The van der Waals surface area contributed by atoms with Crippen molar-refractivity contribution in [1.82, 2.24) is 19.5 Å². The van der Waals surface area contributed by atoms with Crippen molar-refractivity contribution >= 4 is 40.4 Å². The molecule has 20 heteroatoms. The lowest BCUT2D eigenvalue weighted by Gasteiger charge is -2.19. The molecule has 0 saturated carbocycles. The molecule has 2 aromatic rings. The van der Waals surface area contributed by atoms with Crippen LogP contribution in [0.1, 0.15) is 6.42 Å². The summed E-state index contributed by atoms with van der Waals surface area (Å²) in [5.41, 5.74) is 6.53. The number of phosphoric acid groups is 3. The molecule has 1 aliphatic rings. The van der Waals surface area contributed by atoms with Crippen LogP contribution in [0.5, 0.6) is 0 Å². The van der Waals surface area contributed by atoms with Crippen LogP contribution in [0.15, 0.2) is 12.7 Å². The summed E-state index contributed by atoms with van der Waals surface area (Å²) in [7, 11) is -16.4. The van der Waals surface area contributed by atoms with Crippen LogP contribution >= 0.6 is 23.5 Å². The molecule has 174 valence electrons. The number of anilines is 1. The highest BCUT2D eigenvalue weighted by Crippen LogP contribution is 2.66. The van der Waals surface area contributed by atoms with Gasteiger partial charge in [-0.2, -0.15) is 8.62 Å². The van der Waals surface area contributed by atoms with E-state index in [1.807, 2.05) is 0 Å². The topological polar surface area (TPSA) is 259 Å². The molecule has 2 aromatic heterocycles. The second kappa shape index (κ2) is 8.90. The van der Waals surface area contributed by atoms with Gasteiger partial charge in [-0.3, -0.25) is 4.52 Å². The summed E-state index contributed by atoms with van der Waals surface area (Å²) >= 11 is 0. The lowest BCUT2D eigenvalue weighted by molar-refractivity contribution is -0.0249. The van der Waals surface area contributed by atoms with Crippen LogP contribution in [0.4, 0.5) is 5.82 Å². The molecule has 1 aliphatic heterocycles. The van der Waals surface area contributed by atoms with Gasteiger partial charge in [0.2, 0.25) is 0 Å². The van der Waals surface area contributed by atoms with Gasteiger partial charge in [-0.15, -0.1) is 0 Å². The number of aliphatic hydroxyl groups is 1. The highest BCUT2D eigenvalue weighted by atomic mass is 31.3. The van der Waals surface area contributed by atoms with Crippen molar-refractivity contribution < 1.29 is 56.3 Å². The van der Waals surface area contributed by atoms with Crippen molar-refractivity contribution in [2.24, 2.45) is 0 Å². The smallest absolute Gasteiger partial charge is 0.390 e. The van der Waals surface area contributed by atoms with Crippen molar-refractivity contribution in [2.75, 3.05) is 12.3 Å². The number of hydrogen-bond acceptors (Lipinski definition) is 12. The van der Waals surface area contributed by atoms with E-state index in [0.29, 0.717) is 11.2 Å². The Labute approximate surface area is 173 Å². The molecule has 31 heavy (non-hydrogen) atoms. The van der Waals surface area contributed by atoms with Crippen LogP contribution in [-0.4, -0.2) is 69.1 Å². The fourth-order valence-electron chi connectivity index (χ4n) is 2.81. The summed E-state index contributed by atoms with van der Waals surface area (Å²) in [4.78, 5) is 47.6. The molecule has 1 saturated heterocycles. The van der Waals surface area contributed by atoms with Crippen LogP contribution in [-0.2, 0) is 38.1 Å². The molecule has 7 N–H and O–H groups in total. The second-order valence-electron chi connectivity index (χ2n) is 6.31. The van der Waals surface area contributed by atoms with E-state index in [1.54, 1.807) is 4.57 Å². The van der Waals surface area contributed by atoms with E-state index in [-0.39, 0.29) is 18.8 Å². The molecular formula is C11H18N5O12P3. The summed E-state index contributed by atoms with van der Waals surface area (Å²) in [5, 5.41) is 10.1. The van der Waals surface area contributed by atoms with Crippen molar-refractivity contribution in [1.29, 1.82) is 0 Å². The Balaban J connectivity index is 1.57. The molecule has 0 amide bonds. The van der Waals surface area contributed by atoms with Gasteiger partial charge < -0.3 is 39.7 Å². The first-order chi connectivity index (χ1) is 14.2. The van der Waals surface area contributed by atoms with Crippen molar-refractivity contribution in [3.8, 4) is 0 Å². The number of fused-ring (bicyclic) bond motifs is 1. The molecule has 3 heterocycles. The van der Waals surface area contributed by atoms with Gasteiger partial charge in [-0.1, -0.05) is 0 Å². The minimum atomic E-state index is -5.63. The SMILES string of the molecule is Nc1ncnc2c1ncn2C[C@H]1C[C@H](O)[C@@H](COP(=O)(O)OP(=O)(O)OP(=O)(O)O)O1. The van der Waals surface area contributed by atoms with Gasteiger partial charge in [0.1, 0.15) is 17.9 Å².